The summed E-state index contributed by atoms with van der Waals surface area (Å²) in [7, 11) is 1.30. The molecule has 0 bridgehead atoms. The molecule has 2 aliphatic rings. The fraction of sp³-hybridized carbons (Fsp3) is 0.294. The number of thiocarbonyl (C=S) groups is 1. The zero-order valence-corrected chi connectivity index (χ0v) is 28.8. The van der Waals surface area contributed by atoms with Gasteiger partial charge in [0.05, 0.1) is 42.8 Å². The average Bonchev–Trinajstić information content (AvgIpc) is 3.35. The molecule has 50 heavy (non-hydrogen) atoms. The number of carbonyl (C=O) groups excluding carboxylic acids is 2. The van der Waals surface area contributed by atoms with Crippen LogP contribution in [0, 0.1) is 0 Å². The Labute approximate surface area is 299 Å². The van der Waals surface area contributed by atoms with Gasteiger partial charge < -0.3 is 24.1 Å². The minimum absolute atomic E-state index is 0.00897. The second-order valence-electron chi connectivity index (χ2n) is 11.0. The molecule has 2 fully saturated rings. The maximum Gasteiger partial charge on any atom is 0.416 e. The van der Waals surface area contributed by atoms with Gasteiger partial charge >= 0.3 is 18.1 Å². The maximum absolute atomic E-state index is 13.5. The van der Waals surface area contributed by atoms with Gasteiger partial charge in [0.25, 0.3) is 5.91 Å². The highest BCUT2D eigenvalue weighted by molar-refractivity contribution is 8.26. The third-order valence-electron chi connectivity index (χ3n) is 7.72. The lowest BCUT2D eigenvalue weighted by atomic mass is 9.99. The van der Waals surface area contributed by atoms with E-state index < -0.39 is 29.6 Å². The molecule has 264 valence electrons. The lowest BCUT2D eigenvalue weighted by Gasteiger charge is -2.26. The number of hydrogen-bond acceptors (Lipinski definition) is 10. The number of aromatic carboxylic acids is 1. The van der Waals surface area contributed by atoms with Crippen molar-refractivity contribution in [3.05, 3.63) is 81.2 Å². The van der Waals surface area contributed by atoms with Crippen LogP contribution in [0.25, 0.3) is 17.2 Å². The molecule has 0 unspecified atom stereocenters. The van der Waals surface area contributed by atoms with Gasteiger partial charge in [0, 0.05) is 42.3 Å². The van der Waals surface area contributed by atoms with Gasteiger partial charge in [-0.15, -0.1) is 0 Å². The number of carbonyl (C=O) groups is 3. The van der Waals surface area contributed by atoms with Gasteiger partial charge in [-0.3, -0.25) is 19.4 Å². The molecule has 10 nitrogen and oxygen atoms in total. The second-order valence-corrected chi connectivity index (χ2v) is 13.1. The first-order chi connectivity index (χ1) is 23.8. The fourth-order valence-electron chi connectivity index (χ4n) is 5.09. The third-order valence-corrected chi connectivity index (χ3v) is 9.42. The summed E-state index contributed by atoms with van der Waals surface area (Å²) >= 11 is 12.8. The maximum atomic E-state index is 13.5. The second kappa shape index (κ2) is 16.2. The standard InChI is InChI=1S/C34H30ClF3N2O8S2/c1-45-28-17-21(32(43)44)3-7-27(28)48-30(41)8-9-40-31(42)29(50-33(40)49)18-22-16-20(24-19-23(34(36,37)38)4-5-25(24)35)2-6-26(22)47-15-12-39-10-13-46-14-11-39/h2-7,16-19H,8-15H2,1H3,(H,43,44). The van der Waals surface area contributed by atoms with Crippen LogP contribution >= 0.6 is 35.6 Å². The lowest BCUT2D eigenvalue weighted by Crippen LogP contribution is -2.38. The van der Waals surface area contributed by atoms with Gasteiger partial charge in [0.15, 0.2) is 11.5 Å². The Bertz CT molecular complexity index is 1830. The number of carboxylic acids is 1. The van der Waals surface area contributed by atoms with E-state index in [9.17, 15) is 32.7 Å². The van der Waals surface area contributed by atoms with E-state index in [4.69, 9.17) is 42.8 Å². The molecular formula is C34H30ClF3N2O8S2. The number of halogens is 4. The molecule has 2 heterocycles. The molecule has 0 spiro atoms. The van der Waals surface area contributed by atoms with Gasteiger partial charge in [-0.1, -0.05) is 41.6 Å². The summed E-state index contributed by atoms with van der Waals surface area (Å²) < 4.78 is 62.8. The first kappa shape index (κ1) is 37.1. The Morgan fingerprint density at radius 1 is 1.04 bits per heavy atom. The summed E-state index contributed by atoms with van der Waals surface area (Å²) in [6, 6.07) is 11.6. The number of alkyl halides is 3. The zero-order chi connectivity index (χ0) is 36.0. The molecule has 1 amide bonds. The number of methoxy groups -OCH3 is 1. The van der Waals surface area contributed by atoms with E-state index in [2.05, 4.69) is 4.90 Å². The Balaban J connectivity index is 1.35. The topological polar surface area (TPSA) is 115 Å². The Morgan fingerprint density at radius 3 is 2.48 bits per heavy atom. The van der Waals surface area contributed by atoms with E-state index >= 15 is 0 Å². The molecule has 0 aromatic heterocycles. The predicted molar refractivity (Wildman–Crippen MR) is 185 cm³/mol. The normalized spacial score (nSPS) is 16.2. The molecule has 2 saturated heterocycles. The van der Waals surface area contributed by atoms with Crippen molar-refractivity contribution in [3.8, 4) is 28.4 Å². The minimum Gasteiger partial charge on any atom is -0.493 e. The molecule has 0 radical (unpaired) electrons. The number of ether oxygens (including phenoxy) is 4. The van der Waals surface area contributed by atoms with Crippen LogP contribution in [-0.2, 0) is 20.5 Å². The summed E-state index contributed by atoms with van der Waals surface area (Å²) in [6.07, 6.45) is -3.28. The molecule has 2 aliphatic heterocycles. The Kier molecular flexibility index (Phi) is 12.1. The molecular weight excluding hydrogens is 721 g/mol. The van der Waals surface area contributed by atoms with Crippen LogP contribution < -0.4 is 14.2 Å². The van der Waals surface area contributed by atoms with Crippen molar-refractivity contribution in [1.82, 2.24) is 9.80 Å². The lowest BCUT2D eigenvalue weighted by molar-refractivity contribution is -0.137. The number of morpholine rings is 1. The largest absolute Gasteiger partial charge is 0.493 e. The molecule has 5 rings (SSSR count). The van der Waals surface area contributed by atoms with Crippen LogP contribution in [0.5, 0.6) is 17.2 Å². The predicted octanol–water partition coefficient (Wildman–Crippen LogP) is 6.64. The zero-order valence-electron chi connectivity index (χ0n) is 26.5. The van der Waals surface area contributed by atoms with Gasteiger partial charge in [0.1, 0.15) is 16.7 Å². The number of nitrogens with zero attached hydrogens (tertiary/aromatic N) is 2. The van der Waals surface area contributed by atoms with Crippen LogP contribution in [0.2, 0.25) is 5.02 Å². The average molecular weight is 751 g/mol. The molecule has 3 aromatic rings. The number of thioether (sulfide) groups is 1. The third kappa shape index (κ3) is 9.14. The summed E-state index contributed by atoms with van der Waals surface area (Å²) in [5.41, 5.74) is 0.0171. The van der Waals surface area contributed by atoms with Crippen LogP contribution in [0.4, 0.5) is 13.2 Å². The van der Waals surface area contributed by atoms with Crippen molar-refractivity contribution < 1.29 is 51.6 Å². The van der Waals surface area contributed by atoms with Gasteiger partial charge in [-0.05, 0) is 60.2 Å². The van der Waals surface area contributed by atoms with Crippen molar-refractivity contribution in [2.75, 3.05) is 53.1 Å². The van der Waals surface area contributed by atoms with Gasteiger partial charge in [-0.25, -0.2) is 4.79 Å². The molecule has 16 heteroatoms. The van der Waals surface area contributed by atoms with Crippen molar-refractivity contribution in [2.45, 2.75) is 12.6 Å². The molecule has 0 saturated carbocycles. The van der Waals surface area contributed by atoms with E-state index in [-0.39, 0.29) is 49.8 Å². The fourth-order valence-corrected chi connectivity index (χ4v) is 6.61. The molecule has 1 N–H and O–H groups in total. The number of hydrogen-bond donors (Lipinski definition) is 1. The summed E-state index contributed by atoms with van der Waals surface area (Å²) in [6.45, 7) is 3.54. The van der Waals surface area contributed by atoms with Gasteiger partial charge in [0.2, 0.25) is 0 Å². The number of rotatable bonds is 12. The van der Waals surface area contributed by atoms with E-state index in [1.807, 2.05) is 0 Å². The van der Waals surface area contributed by atoms with E-state index in [1.54, 1.807) is 24.3 Å². The minimum atomic E-state index is -4.58. The van der Waals surface area contributed by atoms with Crippen molar-refractivity contribution in [2.24, 2.45) is 0 Å². The highest BCUT2D eigenvalue weighted by Crippen LogP contribution is 2.39. The highest BCUT2D eigenvalue weighted by atomic mass is 35.5. The van der Waals surface area contributed by atoms with Crippen molar-refractivity contribution in [3.63, 3.8) is 0 Å². The quantitative estimate of drug-likeness (QED) is 0.0930. The Morgan fingerprint density at radius 2 is 1.78 bits per heavy atom. The van der Waals surface area contributed by atoms with E-state index in [1.165, 1.54) is 36.3 Å². The number of benzene rings is 3. The highest BCUT2D eigenvalue weighted by Gasteiger charge is 2.33. The van der Waals surface area contributed by atoms with Crippen molar-refractivity contribution in [1.29, 1.82) is 0 Å². The summed E-state index contributed by atoms with van der Waals surface area (Å²) in [5, 5.41) is 9.30. The molecule has 0 atom stereocenters. The molecule has 0 aliphatic carbocycles. The Hall–Kier alpha value is -4.15. The summed E-state index contributed by atoms with van der Waals surface area (Å²) in [4.78, 5) is 41.1. The molecule has 3 aromatic carbocycles. The van der Waals surface area contributed by atoms with Crippen LogP contribution in [0.1, 0.15) is 27.9 Å². The number of carboxylic acid groups (broad SMARTS) is 1. The van der Waals surface area contributed by atoms with Gasteiger partial charge in [-0.2, -0.15) is 13.2 Å². The van der Waals surface area contributed by atoms with Crippen LogP contribution in [0.15, 0.2) is 59.5 Å². The first-order valence-electron chi connectivity index (χ1n) is 15.2. The van der Waals surface area contributed by atoms with E-state index in [0.717, 1.165) is 37.0 Å². The monoisotopic (exact) mass is 750 g/mol. The van der Waals surface area contributed by atoms with Crippen LogP contribution in [0.3, 0.4) is 0 Å². The van der Waals surface area contributed by atoms with Crippen molar-refractivity contribution >= 4 is 63.8 Å². The summed E-state index contributed by atoms with van der Waals surface area (Å²) in [5.74, 6) is -1.94. The van der Waals surface area contributed by atoms with E-state index in [0.29, 0.717) is 43.2 Å². The van der Waals surface area contributed by atoms with Crippen LogP contribution in [-0.4, -0.2) is 90.2 Å². The number of amides is 1. The SMILES string of the molecule is COc1cc(C(=O)O)ccc1OC(=O)CCN1C(=O)C(=Cc2cc(-c3cc(C(F)(F)F)ccc3Cl)ccc2OCCN2CCOCC2)SC1=S. The number of esters is 1. The first-order valence-corrected chi connectivity index (χ1v) is 16.8. The smallest absolute Gasteiger partial charge is 0.416 e.